The van der Waals surface area contributed by atoms with Crippen LogP contribution in [0, 0.1) is 0 Å². The zero-order valence-electron chi connectivity index (χ0n) is 23.9. The van der Waals surface area contributed by atoms with E-state index < -0.39 is 0 Å². The van der Waals surface area contributed by atoms with Gasteiger partial charge in [0, 0.05) is 22.3 Å². The van der Waals surface area contributed by atoms with Crippen molar-refractivity contribution in [2.24, 2.45) is 0 Å². The summed E-state index contributed by atoms with van der Waals surface area (Å²) in [6.07, 6.45) is 0. The molecule has 4 N–H and O–H groups in total. The maximum atomic E-state index is 9.86. The Kier molecular flexibility index (Phi) is 7.15. The van der Waals surface area contributed by atoms with E-state index in [0.29, 0.717) is 56.4 Å². The highest BCUT2D eigenvalue weighted by atomic mass is 16.3. The standard InChI is InChI=1S/C35H23N7O4/c43-24-12-4-20(5-13-24)30-32(22-8-16-26(45)17-9-22)39-41-34(37-30)28-2-1-3-29(36-28)35-38-31(21-6-14-25(44)15-7-21)33(40-42-35)23-10-18-27(46)19-11-23/h1-19,43-46H. The van der Waals surface area contributed by atoms with Crippen molar-refractivity contribution in [3.63, 3.8) is 0 Å². The van der Waals surface area contributed by atoms with Crippen molar-refractivity contribution >= 4 is 0 Å². The van der Waals surface area contributed by atoms with E-state index >= 15 is 0 Å². The van der Waals surface area contributed by atoms with Crippen molar-refractivity contribution < 1.29 is 20.4 Å². The lowest BCUT2D eigenvalue weighted by atomic mass is 10.0. The first-order valence-corrected chi connectivity index (χ1v) is 14.1. The van der Waals surface area contributed by atoms with E-state index in [1.807, 2.05) is 0 Å². The number of aromatic hydroxyl groups is 4. The van der Waals surface area contributed by atoms with Gasteiger partial charge in [0.25, 0.3) is 0 Å². The third-order valence-electron chi connectivity index (χ3n) is 7.14. The van der Waals surface area contributed by atoms with Crippen LogP contribution in [0.2, 0.25) is 0 Å². The Balaban J connectivity index is 1.32. The summed E-state index contributed by atoms with van der Waals surface area (Å²) in [6.45, 7) is 0. The summed E-state index contributed by atoms with van der Waals surface area (Å²) in [7, 11) is 0. The second-order valence-corrected chi connectivity index (χ2v) is 10.3. The van der Waals surface area contributed by atoms with Crippen LogP contribution in [-0.2, 0) is 0 Å². The minimum absolute atomic E-state index is 0.114. The summed E-state index contributed by atoms with van der Waals surface area (Å²) >= 11 is 0. The minimum Gasteiger partial charge on any atom is -0.508 e. The van der Waals surface area contributed by atoms with E-state index in [9.17, 15) is 20.4 Å². The highest BCUT2D eigenvalue weighted by molar-refractivity contribution is 5.80. The lowest BCUT2D eigenvalue weighted by Gasteiger charge is -2.11. The molecule has 222 valence electrons. The molecule has 0 fully saturated rings. The summed E-state index contributed by atoms with van der Waals surface area (Å²) in [4.78, 5) is 14.4. The molecular weight excluding hydrogens is 582 g/mol. The third-order valence-corrected chi connectivity index (χ3v) is 7.14. The van der Waals surface area contributed by atoms with E-state index in [1.54, 1.807) is 115 Å². The molecule has 7 aromatic rings. The second kappa shape index (κ2) is 11.7. The van der Waals surface area contributed by atoms with Crippen LogP contribution in [0.3, 0.4) is 0 Å². The van der Waals surface area contributed by atoms with Crippen LogP contribution in [0.15, 0.2) is 115 Å². The predicted octanol–water partition coefficient (Wildman–Crippen LogP) is 6.28. The van der Waals surface area contributed by atoms with E-state index in [4.69, 9.17) is 15.0 Å². The smallest absolute Gasteiger partial charge is 0.201 e. The molecule has 0 aliphatic carbocycles. The van der Waals surface area contributed by atoms with Gasteiger partial charge in [-0.1, -0.05) is 6.07 Å². The van der Waals surface area contributed by atoms with Crippen LogP contribution >= 0.6 is 0 Å². The Morgan fingerprint density at radius 3 is 0.935 bits per heavy atom. The molecule has 3 aromatic heterocycles. The van der Waals surface area contributed by atoms with Crippen molar-refractivity contribution in [1.82, 2.24) is 35.3 Å². The lowest BCUT2D eigenvalue weighted by Crippen LogP contribution is -2.03. The summed E-state index contributed by atoms with van der Waals surface area (Å²) in [5.41, 5.74) is 5.62. The summed E-state index contributed by atoms with van der Waals surface area (Å²) < 4.78 is 0. The van der Waals surface area contributed by atoms with Crippen molar-refractivity contribution in [1.29, 1.82) is 0 Å². The first-order chi connectivity index (χ1) is 22.4. The molecular formula is C35H23N7O4. The van der Waals surface area contributed by atoms with Crippen molar-refractivity contribution in [2.45, 2.75) is 0 Å². The number of pyridine rings is 1. The van der Waals surface area contributed by atoms with Crippen molar-refractivity contribution in [3.8, 4) is 91.1 Å². The van der Waals surface area contributed by atoms with Crippen molar-refractivity contribution in [2.75, 3.05) is 0 Å². The number of hydrogen-bond donors (Lipinski definition) is 4. The molecule has 0 saturated carbocycles. The fourth-order valence-electron chi connectivity index (χ4n) is 4.82. The molecule has 0 amide bonds. The Hall–Kier alpha value is -6.75. The Bertz CT molecular complexity index is 2020. The topological polar surface area (TPSA) is 171 Å². The lowest BCUT2D eigenvalue weighted by molar-refractivity contribution is 0.475. The molecule has 0 aliphatic rings. The van der Waals surface area contributed by atoms with Crippen LogP contribution in [0.5, 0.6) is 23.0 Å². The number of nitrogens with zero attached hydrogens (tertiary/aromatic N) is 7. The fraction of sp³-hybridized carbons (Fsp3) is 0. The molecule has 11 nitrogen and oxygen atoms in total. The Morgan fingerprint density at radius 1 is 0.304 bits per heavy atom. The molecule has 4 aromatic carbocycles. The van der Waals surface area contributed by atoms with Crippen LogP contribution in [0.1, 0.15) is 0 Å². The van der Waals surface area contributed by atoms with E-state index in [1.165, 1.54) is 0 Å². The Labute approximate surface area is 261 Å². The maximum Gasteiger partial charge on any atom is 0.201 e. The molecule has 0 atom stereocenters. The van der Waals surface area contributed by atoms with E-state index in [2.05, 4.69) is 20.4 Å². The van der Waals surface area contributed by atoms with Gasteiger partial charge in [-0.15, -0.1) is 20.4 Å². The number of benzene rings is 4. The predicted molar refractivity (Wildman–Crippen MR) is 170 cm³/mol. The van der Waals surface area contributed by atoms with Gasteiger partial charge < -0.3 is 20.4 Å². The second-order valence-electron chi connectivity index (χ2n) is 10.3. The van der Waals surface area contributed by atoms with Crippen LogP contribution in [0.25, 0.3) is 68.1 Å². The average molecular weight is 606 g/mol. The molecule has 0 radical (unpaired) electrons. The molecule has 0 spiro atoms. The molecule has 3 heterocycles. The first-order valence-electron chi connectivity index (χ1n) is 14.1. The largest absolute Gasteiger partial charge is 0.508 e. The summed E-state index contributed by atoms with van der Waals surface area (Å²) in [5, 5.41) is 57.1. The monoisotopic (exact) mass is 605 g/mol. The summed E-state index contributed by atoms with van der Waals surface area (Å²) in [6, 6.07) is 31.6. The third kappa shape index (κ3) is 5.63. The maximum absolute atomic E-state index is 9.86. The fourth-order valence-corrected chi connectivity index (χ4v) is 4.82. The molecule has 0 saturated heterocycles. The van der Waals surface area contributed by atoms with E-state index in [0.717, 1.165) is 0 Å². The zero-order valence-corrected chi connectivity index (χ0v) is 23.9. The van der Waals surface area contributed by atoms with Gasteiger partial charge in [-0.2, -0.15) is 0 Å². The van der Waals surface area contributed by atoms with Gasteiger partial charge in [-0.05, 0) is 109 Å². The number of phenolic OH excluding ortho intramolecular Hbond substituents is 4. The van der Waals surface area contributed by atoms with Gasteiger partial charge in [-0.3, -0.25) is 0 Å². The van der Waals surface area contributed by atoms with Crippen LogP contribution in [-0.4, -0.2) is 55.8 Å². The molecule has 0 unspecified atom stereocenters. The number of aromatic nitrogens is 7. The van der Waals surface area contributed by atoms with Gasteiger partial charge in [0.1, 0.15) is 57.2 Å². The SMILES string of the molecule is Oc1ccc(-c2nnc(-c3cccc(-c4nnc(-c5ccc(O)cc5)c(-c5ccc(O)cc5)n4)n3)nc2-c2ccc(O)cc2)cc1. The average Bonchev–Trinajstić information content (AvgIpc) is 3.09. The van der Waals surface area contributed by atoms with Crippen LogP contribution < -0.4 is 0 Å². The highest BCUT2D eigenvalue weighted by Gasteiger charge is 2.19. The minimum atomic E-state index is 0.114. The van der Waals surface area contributed by atoms with Gasteiger partial charge in [-0.25, -0.2) is 15.0 Å². The van der Waals surface area contributed by atoms with Crippen molar-refractivity contribution in [3.05, 3.63) is 115 Å². The first kappa shape index (κ1) is 28.0. The highest BCUT2D eigenvalue weighted by Crippen LogP contribution is 2.34. The van der Waals surface area contributed by atoms with Gasteiger partial charge in [0.05, 0.1) is 0 Å². The van der Waals surface area contributed by atoms with Gasteiger partial charge in [0.2, 0.25) is 11.6 Å². The van der Waals surface area contributed by atoms with E-state index in [-0.39, 0.29) is 34.6 Å². The molecule has 0 bridgehead atoms. The quantitative estimate of drug-likeness (QED) is 0.168. The summed E-state index contributed by atoms with van der Waals surface area (Å²) in [5.74, 6) is 0.969. The number of phenols is 4. The van der Waals surface area contributed by atoms with Gasteiger partial charge in [0.15, 0.2) is 0 Å². The normalized spacial score (nSPS) is 11.0. The number of hydrogen-bond acceptors (Lipinski definition) is 11. The zero-order chi connectivity index (χ0) is 31.6. The molecule has 7 rings (SSSR count). The number of rotatable bonds is 6. The molecule has 0 aliphatic heterocycles. The van der Waals surface area contributed by atoms with Crippen LogP contribution in [0.4, 0.5) is 0 Å². The molecule has 46 heavy (non-hydrogen) atoms. The molecule has 11 heteroatoms. The van der Waals surface area contributed by atoms with Gasteiger partial charge >= 0.3 is 0 Å². The Morgan fingerprint density at radius 2 is 0.609 bits per heavy atom.